The normalized spacial score (nSPS) is 17.0. The number of aromatic nitrogens is 3. The lowest BCUT2D eigenvalue weighted by Gasteiger charge is -2.15. The van der Waals surface area contributed by atoms with Crippen molar-refractivity contribution in [2.75, 3.05) is 39.0 Å². The largest absolute Gasteiger partial charge is 0.338 e. The lowest BCUT2D eigenvalue weighted by molar-refractivity contribution is -0.125. The average molecular weight is 366 g/mol. The Morgan fingerprint density at radius 3 is 2.93 bits per heavy atom. The molecule has 1 aliphatic heterocycles. The van der Waals surface area contributed by atoms with Gasteiger partial charge in [-0.15, -0.1) is 0 Å². The first-order chi connectivity index (χ1) is 13.0. The number of hydrogen-bond acceptors (Lipinski definition) is 6. The second kappa shape index (κ2) is 8.73. The third-order valence-electron chi connectivity index (χ3n) is 4.43. The molecule has 2 aromatic rings. The second-order valence-corrected chi connectivity index (χ2v) is 7.00. The molecule has 1 amide bonds. The van der Waals surface area contributed by atoms with E-state index >= 15 is 0 Å². The molecule has 142 valence electrons. The maximum Gasteiger partial charge on any atom is 0.246 e. The van der Waals surface area contributed by atoms with Crippen LogP contribution in [0.15, 0.2) is 42.6 Å². The van der Waals surface area contributed by atoms with E-state index in [1.807, 2.05) is 61.2 Å². The fourth-order valence-corrected chi connectivity index (χ4v) is 3.10. The van der Waals surface area contributed by atoms with Crippen LogP contribution in [0.25, 0.3) is 0 Å². The van der Waals surface area contributed by atoms with Crippen molar-refractivity contribution < 1.29 is 4.79 Å². The number of aryl methyl sites for hydroxylation is 1. The van der Waals surface area contributed by atoms with Gasteiger partial charge in [-0.25, -0.2) is 15.0 Å². The molecule has 1 aliphatic rings. The van der Waals surface area contributed by atoms with E-state index in [0.29, 0.717) is 12.4 Å². The molecule has 7 heteroatoms. The molecule has 0 aliphatic carbocycles. The third kappa shape index (κ3) is 5.34. The Hall–Kier alpha value is -2.80. The zero-order valence-corrected chi connectivity index (χ0v) is 16.1. The number of nitrogens with zero attached hydrogens (tertiary/aromatic N) is 5. The van der Waals surface area contributed by atoms with Crippen LogP contribution in [0.2, 0.25) is 0 Å². The van der Waals surface area contributed by atoms with Crippen molar-refractivity contribution in [3.05, 3.63) is 54.1 Å². The predicted octanol–water partition coefficient (Wildman–Crippen LogP) is 2.36. The van der Waals surface area contributed by atoms with Crippen LogP contribution in [0, 0.1) is 6.92 Å². The van der Waals surface area contributed by atoms with E-state index in [4.69, 9.17) is 0 Å². The van der Waals surface area contributed by atoms with Crippen LogP contribution in [0.1, 0.15) is 23.9 Å². The first-order valence-electron chi connectivity index (χ1n) is 9.15. The molecule has 0 saturated carbocycles. The van der Waals surface area contributed by atoms with E-state index < -0.39 is 0 Å². The second-order valence-electron chi connectivity index (χ2n) is 7.00. The van der Waals surface area contributed by atoms with Crippen molar-refractivity contribution in [3.8, 4) is 0 Å². The number of amides is 1. The van der Waals surface area contributed by atoms with Crippen molar-refractivity contribution in [1.29, 1.82) is 0 Å². The summed E-state index contributed by atoms with van der Waals surface area (Å²) in [5.41, 5.74) is 0.966. The van der Waals surface area contributed by atoms with Gasteiger partial charge in [0.15, 0.2) is 0 Å². The maximum atomic E-state index is 12.3. The maximum absolute atomic E-state index is 12.3. The van der Waals surface area contributed by atoms with E-state index in [2.05, 4.69) is 20.3 Å². The summed E-state index contributed by atoms with van der Waals surface area (Å²) in [4.78, 5) is 29.6. The Kier molecular flexibility index (Phi) is 6.13. The van der Waals surface area contributed by atoms with Gasteiger partial charge in [-0.05, 0) is 39.6 Å². The highest BCUT2D eigenvalue weighted by Crippen LogP contribution is 2.27. The lowest BCUT2D eigenvalue weighted by Crippen LogP contribution is -2.27. The Bertz CT molecular complexity index is 805. The van der Waals surface area contributed by atoms with Gasteiger partial charge in [0.2, 0.25) is 5.91 Å². The zero-order chi connectivity index (χ0) is 19.2. The van der Waals surface area contributed by atoms with Gasteiger partial charge in [-0.1, -0.05) is 12.1 Å². The van der Waals surface area contributed by atoms with Gasteiger partial charge in [0.1, 0.15) is 17.5 Å². The quantitative estimate of drug-likeness (QED) is 0.791. The van der Waals surface area contributed by atoms with Crippen molar-refractivity contribution in [3.63, 3.8) is 0 Å². The molecule has 1 fully saturated rings. The van der Waals surface area contributed by atoms with Gasteiger partial charge in [-0.2, -0.15) is 0 Å². The highest BCUT2D eigenvalue weighted by atomic mass is 16.2. The molecule has 2 aromatic heterocycles. The Morgan fingerprint density at radius 2 is 2.19 bits per heavy atom. The third-order valence-corrected chi connectivity index (χ3v) is 4.43. The van der Waals surface area contributed by atoms with E-state index in [-0.39, 0.29) is 11.8 Å². The summed E-state index contributed by atoms with van der Waals surface area (Å²) in [6.07, 6.45) is 6.22. The predicted molar refractivity (Wildman–Crippen MR) is 106 cm³/mol. The highest BCUT2D eigenvalue weighted by Gasteiger charge is 2.27. The number of rotatable bonds is 6. The number of pyridine rings is 1. The number of hydrogen-bond donors (Lipinski definition) is 1. The number of likely N-dealkylation sites (tertiary alicyclic amines) is 1. The standard InChI is InChI=1S/C20H26N6O/c1-15-22-17(13-19(23-15)24-18-7-4-5-10-21-18)16-9-12-26(14-16)20(27)8-6-11-25(2)3/h4-8,10,13,16H,9,11-12,14H2,1-3H3,(H,21,22,23,24)/b8-6+/t16-/m1/s1. The number of carbonyl (C=O) groups is 1. The van der Waals surface area contributed by atoms with Gasteiger partial charge in [0.25, 0.3) is 0 Å². The molecule has 27 heavy (non-hydrogen) atoms. The molecule has 0 unspecified atom stereocenters. The van der Waals surface area contributed by atoms with Crippen molar-refractivity contribution in [2.45, 2.75) is 19.3 Å². The summed E-state index contributed by atoms with van der Waals surface area (Å²) in [5, 5.41) is 3.22. The number of anilines is 2. The fraction of sp³-hybridized carbons (Fsp3) is 0.400. The molecule has 0 spiro atoms. The molecule has 1 atom stereocenters. The Labute approximate surface area is 160 Å². The van der Waals surface area contributed by atoms with Crippen molar-refractivity contribution in [1.82, 2.24) is 24.8 Å². The molecule has 0 bridgehead atoms. The first-order valence-corrected chi connectivity index (χ1v) is 9.15. The summed E-state index contributed by atoms with van der Waals surface area (Å²) < 4.78 is 0. The molecule has 3 rings (SSSR count). The molecular formula is C20H26N6O. The van der Waals surface area contributed by atoms with Crippen molar-refractivity contribution >= 4 is 17.5 Å². The minimum Gasteiger partial charge on any atom is -0.338 e. The minimum absolute atomic E-state index is 0.0666. The van der Waals surface area contributed by atoms with E-state index in [1.54, 1.807) is 12.3 Å². The van der Waals surface area contributed by atoms with E-state index in [9.17, 15) is 4.79 Å². The van der Waals surface area contributed by atoms with Gasteiger partial charge in [0, 0.05) is 43.9 Å². The summed E-state index contributed by atoms with van der Waals surface area (Å²) in [5.74, 6) is 2.48. The smallest absolute Gasteiger partial charge is 0.246 e. The zero-order valence-electron chi connectivity index (χ0n) is 16.1. The van der Waals surface area contributed by atoms with E-state index in [1.165, 1.54) is 0 Å². The summed E-state index contributed by atoms with van der Waals surface area (Å²) in [7, 11) is 3.96. The van der Waals surface area contributed by atoms with Crippen LogP contribution < -0.4 is 5.32 Å². The van der Waals surface area contributed by atoms with Gasteiger partial charge in [0.05, 0.1) is 5.69 Å². The topological polar surface area (TPSA) is 74.2 Å². The molecule has 7 nitrogen and oxygen atoms in total. The van der Waals surface area contributed by atoms with E-state index in [0.717, 1.165) is 36.8 Å². The number of likely N-dealkylation sites (N-methyl/N-ethyl adjacent to an activating group) is 1. The Balaban J connectivity index is 1.66. The Morgan fingerprint density at radius 1 is 1.33 bits per heavy atom. The van der Waals surface area contributed by atoms with Crippen LogP contribution in [0.4, 0.5) is 11.6 Å². The monoisotopic (exact) mass is 366 g/mol. The van der Waals surface area contributed by atoms with Gasteiger partial charge >= 0.3 is 0 Å². The molecule has 1 N–H and O–H groups in total. The lowest BCUT2D eigenvalue weighted by atomic mass is 10.0. The van der Waals surface area contributed by atoms with Crippen molar-refractivity contribution in [2.24, 2.45) is 0 Å². The van der Waals surface area contributed by atoms with Crippen LogP contribution in [-0.4, -0.2) is 64.4 Å². The number of carbonyl (C=O) groups excluding carboxylic acids is 1. The number of nitrogens with one attached hydrogen (secondary N) is 1. The molecule has 0 radical (unpaired) electrons. The van der Waals surface area contributed by atoms with Crippen LogP contribution in [-0.2, 0) is 4.79 Å². The molecule has 1 saturated heterocycles. The summed E-state index contributed by atoms with van der Waals surface area (Å²) >= 11 is 0. The average Bonchev–Trinajstić information content (AvgIpc) is 3.12. The summed E-state index contributed by atoms with van der Waals surface area (Å²) in [6.45, 7) is 4.08. The summed E-state index contributed by atoms with van der Waals surface area (Å²) in [6, 6.07) is 7.66. The molecule has 3 heterocycles. The molecule has 0 aromatic carbocycles. The van der Waals surface area contributed by atoms with Crippen LogP contribution >= 0.6 is 0 Å². The van der Waals surface area contributed by atoms with Crippen LogP contribution in [0.3, 0.4) is 0 Å². The minimum atomic E-state index is 0.0666. The first kappa shape index (κ1) is 19.0. The SMILES string of the molecule is Cc1nc(Nc2ccccn2)cc([C@@H]2CCN(C(=O)/C=C/CN(C)C)C2)n1. The van der Waals surface area contributed by atoms with Gasteiger partial charge < -0.3 is 15.1 Å². The van der Waals surface area contributed by atoms with Crippen LogP contribution in [0.5, 0.6) is 0 Å². The van der Waals surface area contributed by atoms with Gasteiger partial charge in [-0.3, -0.25) is 4.79 Å². The molecular weight excluding hydrogens is 340 g/mol. The fourth-order valence-electron chi connectivity index (χ4n) is 3.10. The highest BCUT2D eigenvalue weighted by molar-refractivity contribution is 5.87.